The number of nitrogens with zero attached hydrogens (tertiary/aromatic N) is 1. The number of carbonyl (C=O) groups is 2. The molecule has 8 nitrogen and oxygen atoms in total. The van der Waals surface area contributed by atoms with Crippen LogP contribution in [-0.4, -0.2) is 48.0 Å². The van der Waals surface area contributed by atoms with Gasteiger partial charge in [-0.05, 0) is 38.5 Å². The van der Waals surface area contributed by atoms with E-state index in [1.54, 1.807) is 63.2 Å². The topological polar surface area (TPSA) is 94.5 Å². The third-order valence-electron chi connectivity index (χ3n) is 4.81. The summed E-state index contributed by atoms with van der Waals surface area (Å²) in [6.07, 6.45) is -3.03. The third-order valence-corrected chi connectivity index (χ3v) is 4.81. The zero-order valence-electron chi connectivity index (χ0n) is 20.2. The summed E-state index contributed by atoms with van der Waals surface area (Å²) in [4.78, 5) is 26.7. The smallest absolute Gasteiger partial charge is 1.00 e. The number of amides is 1. The second-order valence-corrected chi connectivity index (χ2v) is 8.10. The van der Waals surface area contributed by atoms with E-state index >= 15 is 0 Å². The van der Waals surface area contributed by atoms with Gasteiger partial charge in [0.25, 0.3) is 0 Å². The summed E-state index contributed by atoms with van der Waals surface area (Å²) in [7, 11) is 3.01. The average Bonchev–Trinajstić information content (AvgIpc) is 3.13. The molecule has 3 rings (SSSR count). The van der Waals surface area contributed by atoms with E-state index < -0.39 is 36.0 Å². The van der Waals surface area contributed by atoms with Gasteiger partial charge in [0.05, 0.1) is 14.2 Å². The first-order valence-electron chi connectivity index (χ1n) is 9.82. The molecular weight excluding hydrogens is 441 g/mol. The van der Waals surface area contributed by atoms with Gasteiger partial charge in [-0.1, -0.05) is 30.3 Å². The molecule has 2 aromatic rings. The summed E-state index contributed by atoms with van der Waals surface area (Å²) in [6.45, 7) is 5.24. The Kier molecular flexibility index (Phi) is 9.15. The molecule has 3 atom stereocenters. The van der Waals surface area contributed by atoms with Crippen LogP contribution in [0.3, 0.4) is 0 Å². The van der Waals surface area contributed by atoms with E-state index in [1.165, 1.54) is 19.1 Å². The summed E-state index contributed by atoms with van der Waals surface area (Å²) in [5.41, 5.74) is 0.323. The van der Waals surface area contributed by atoms with Crippen molar-refractivity contribution in [1.29, 1.82) is 0 Å². The van der Waals surface area contributed by atoms with Crippen molar-refractivity contribution in [3.63, 3.8) is 0 Å². The van der Waals surface area contributed by atoms with Crippen molar-refractivity contribution in [3.05, 3.63) is 59.7 Å². The van der Waals surface area contributed by atoms with Crippen LogP contribution in [0, 0.1) is 0 Å². The number of rotatable bonds is 5. The van der Waals surface area contributed by atoms with Crippen molar-refractivity contribution >= 4 is 12.1 Å². The maximum absolute atomic E-state index is 13.3. The minimum Gasteiger partial charge on any atom is -1.00 e. The largest absolute Gasteiger partial charge is 1.00 e. The molecule has 0 aliphatic carbocycles. The Morgan fingerprint density at radius 1 is 1.06 bits per heavy atom. The number of benzene rings is 2. The summed E-state index contributed by atoms with van der Waals surface area (Å²) >= 11 is 0. The quantitative estimate of drug-likeness (QED) is 0.660. The van der Waals surface area contributed by atoms with Gasteiger partial charge in [0.1, 0.15) is 23.1 Å². The van der Waals surface area contributed by atoms with Crippen molar-refractivity contribution in [3.8, 4) is 11.5 Å². The second kappa shape index (κ2) is 11.0. The number of carbonyl (C=O) groups excluding carboxylic acids is 1. The first-order chi connectivity index (χ1) is 14.7. The fourth-order valence-corrected chi connectivity index (χ4v) is 3.52. The van der Waals surface area contributed by atoms with Crippen LogP contribution in [-0.2, 0) is 14.3 Å². The molecule has 1 amide bonds. The maximum Gasteiger partial charge on any atom is 1.00 e. The van der Waals surface area contributed by atoms with Crippen molar-refractivity contribution in [2.45, 2.75) is 44.7 Å². The van der Waals surface area contributed by atoms with Gasteiger partial charge in [-0.15, -0.1) is 0 Å². The Hall–Kier alpha value is -1.62. The number of methoxy groups -OCH3 is 2. The van der Waals surface area contributed by atoms with E-state index in [0.29, 0.717) is 22.6 Å². The predicted molar refractivity (Wildman–Crippen MR) is 113 cm³/mol. The summed E-state index contributed by atoms with van der Waals surface area (Å²) in [5.74, 6) is -0.232. The number of carboxylic acids is 1. The zero-order valence-corrected chi connectivity index (χ0v) is 22.3. The number of hydrogen-bond donors (Lipinski definition) is 1. The molecule has 2 aromatic carbocycles. The molecule has 1 N–H and O–H groups in total. The van der Waals surface area contributed by atoms with Gasteiger partial charge < -0.3 is 25.5 Å². The van der Waals surface area contributed by atoms with Crippen molar-refractivity contribution < 1.29 is 86.5 Å². The van der Waals surface area contributed by atoms with Crippen LogP contribution in [0.1, 0.15) is 45.6 Å². The standard InChI is InChI=1S/C23H27NO7.K.H/c1-23(2,3)31-22(27)24-18(14-9-7-6-8-10-14)19(21(25)26)30-20(24)16-12-11-15(28-4)13-17(16)29-5;;/h6-13,18-20H,1-5H3,(H,25,26);;/q;+1;-1/t18-,19-,20-;;/m1../s1. The van der Waals surface area contributed by atoms with Crippen LogP contribution in [0.15, 0.2) is 48.5 Å². The molecule has 1 heterocycles. The van der Waals surface area contributed by atoms with Gasteiger partial charge >= 0.3 is 63.4 Å². The number of ether oxygens (including phenoxy) is 4. The monoisotopic (exact) mass is 469 g/mol. The first-order valence-corrected chi connectivity index (χ1v) is 9.82. The van der Waals surface area contributed by atoms with Crippen LogP contribution in [0.5, 0.6) is 11.5 Å². The number of carboxylic acid groups (broad SMARTS) is 1. The normalized spacial score (nSPS) is 20.3. The van der Waals surface area contributed by atoms with Gasteiger partial charge in [-0.3, -0.25) is 4.90 Å². The Labute approximate surface area is 231 Å². The minimum absolute atomic E-state index is 0. The molecule has 1 aliphatic rings. The first kappa shape index (κ1) is 26.6. The fourth-order valence-electron chi connectivity index (χ4n) is 3.52. The van der Waals surface area contributed by atoms with E-state index in [1.807, 2.05) is 6.07 Å². The average molecular weight is 470 g/mol. The van der Waals surface area contributed by atoms with Gasteiger partial charge in [0, 0.05) is 11.6 Å². The van der Waals surface area contributed by atoms with Crippen molar-refractivity contribution in [2.75, 3.05) is 14.2 Å². The van der Waals surface area contributed by atoms with E-state index in [9.17, 15) is 14.7 Å². The molecule has 32 heavy (non-hydrogen) atoms. The molecule has 0 saturated carbocycles. The predicted octanol–water partition coefficient (Wildman–Crippen LogP) is 1.28. The van der Waals surface area contributed by atoms with E-state index in [0.717, 1.165) is 0 Å². The molecule has 9 heteroatoms. The molecule has 0 spiro atoms. The van der Waals surface area contributed by atoms with Crippen LogP contribution in [0.25, 0.3) is 0 Å². The van der Waals surface area contributed by atoms with E-state index in [4.69, 9.17) is 18.9 Å². The van der Waals surface area contributed by atoms with Crippen molar-refractivity contribution in [1.82, 2.24) is 4.90 Å². The van der Waals surface area contributed by atoms with E-state index in [-0.39, 0.29) is 52.8 Å². The molecular formula is C23H28KNO7. The Morgan fingerprint density at radius 2 is 1.72 bits per heavy atom. The maximum atomic E-state index is 13.3. The minimum atomic E-state index is -1.30. The Morgan fingerprint density at radius 3 is 2.25 bits per heavy atom. The van der Waals surface area contributed by atoms with Crippen LogP contribution < -0.4 is 60.9 Å². The second-order valence-electron chi connectivity index (χ2n) is 8.10. The summed E-state index contributed by atoms with van der Waals surface area (Å²) in [5, 5.41) is 9.90. The van der Waals surface area contributed by atoms with Crippen LogP contribution in [0.4, 0.5) is 4.79 Å². The molecule has 0 unspecified atom stereocenters. The molecule has 1 aliphatic heterocycles. The molecule has 1 saturated heterocycles. The number of hydrogen-bond acceptors (Lipinski definition) is 6. The van der Waals surface area contributed by atoms with Gasteiger partial charge in [0.15, 0.2) is 12.3 Å². The fraction of sp³-hybridized carbons (Fsp3) is 0.391. The SMILES string of the molecule is COc1ccc([C@H]2O[C@@H](C(=O)O)[C@@H](c3ccccc3)N2C(=O)OC(C)(C)C)c(OC)c1.[H-].[K+]. The zero-order chi connectivity index (χ0) is 22.8. The van der Waals surface area contributed by atoms with Gasteiger partial charge in [-0.25, -0.2) is 9.59 Å². The molecule has 0 aromatic heterocycles. The molecule has 0 radical (unpaired) electrons. The Bertz CT molecular complexity index is 952. The van der Waals surface area contributed by atoms with Crippen LogP contribution in [0.2, 0.25) is 0 Å². The summed E-state index contributed by atoms with van der Waals surface area (Å²) < 4.78 is 22.3. The molecule has 168 valence electrons. The van der Waals surface area contributed by atoms with Crippen molar-refractivity contribution in [2.24, 2.45) is 0 Å². The summed E-state index contributed by atoms with van der Waals surface area (Å²) in [6, 6.07) is 13.0. The van der Waals surface area contributed by atoms with Crippen LogP contribution >= 0.6 is 0 Å². The third kappa shape index (κ3) is 5.83. The molecule has 0 bridgehead atoms. The molecule has 1 fully saturated rings. The van der Waals surface area contributed by atoms with Gasteiger partial charge in [-0.2, -0.15) is 0 Å². The van der Waals surface area contributed by atoms with Gasteiger partial charge in [0.2, 0.25) is 0 Å². The number of aliphatic carboxylic acids is 1. The Balaban J connectivity index is 0.00000272. The van der Waals surface area contributed by atoms with E-state index in [2.05, 4.69) is 0 Å².